The van der Waals surface area contributed by atoms with Gasteiger partial charge in [0.2, 0.25) is 0 Å². The molecule has 0 rings (SSSR count). The Kier molecular flexibility index (Phi) is 57.2. The van der Waals surface area contributed by atoms with Gasteiger partial charge in [0.05, 0.1) is 0 Å². The van der Waals surface area contributed by atoms with E-state index in [1.807, 2.05) is 0 Å². The van der Waals surface area contributed by atoms with Gasteiger partial charge in [0, 0.05) is 19.3 Å². The van der Waals surface area contributed by atoms with E-state index in [2.05, 4.69) is 81.5 Å². The van der Waals surface area contributed by atoms with Crippen LogP contribution in [0.25, 0.3) is 0 Å². The minimum atomic E-state index is -0.785. The molecule has 0 heterocycles. The van der Waals surface area contributed by atoms with Crippen molar-refractivity contribution in [1.29, 1.82) is 0 Å². The van der Waals surface area contributed by atoms with Gasteiger partial charge in [-0.1, -0.05) is 274 Å². The molecule has 0 aromatic rings. The maximum absolute atomic E-state index is 12.9. The number of hydrogen-bond acceptors (Lipinski definition) is 6. The van der Waals surface area contributed by atoms with E-state index >= 15 is 0 Å². The first-order valence-electron chi connectivity index (χ1n) is 30.8. The van der Waals surface area contributed by atoms with Crippen molar-refractivity contribution in [1.82, 2.24) is 0 Å². The Bertz CT molecular complexity index is 1280. The molecule has 0 aromatic carbocycles. The molecule has 0 aromatic heterocycles. The van der Waals surface area contributed by atoms with E-state index in [0.717, 1.165) is 103 Å². The lowest BCUT2D eigenvalue weighted by Crippen LogP contribution is -2.30. The van der Waals surface area contributed by atoms with Crippen LogP contribution in [-0.2, 0) is 28.6 Å². The summed E-state index contributed by atoms with van der Waals surface area (Å²) in [6, 6.07) is 0. The van der Waals surface area contributed by atoms with Crippen LogP contribution >= 0.6 is 0 Å². The van der Waals surface area contributed by atoms with Crippen LogP contribution in [0.3, 0.4) is 0 Å². The monoisotopic (exact) mass is 993 g/mol. The lowest BCUT2D eigenvalue weighted by atomic mass is 10.0. The summed E-state index contributed by atoms with van der Waals surface area (Å²) >= 11 is 0. The Morgan fingerprint density at radius 3 is 0.873 bits per heavy atom. The van der Waals surface area contributed by atoms with Crippen LogP contribution in [0.4, 0.5) is 0 Å². The summed E-state index contributed by atoms with van der Waals surface area (Å²) in [5.41, 5.74) is 0. The van der Waals surface area contributed by atoms with Crippen molar-refractivity contribution in [3.05, 3.63) is 60.8 Å². The van der Waals surface area contributed by atoms with E-state index in [9.17, 15) is 14.4 Å². The van der Waals surface area contributed by atoms with Crippen molar-refractivity contribution >= 4 is 17.9 Å². The quantitative estimate of drug-likeness (QED) is 0.0261. The average molecular weight is 994 g/mol. The van der Waals surface area contributed by atoms with Crippen molar-refractivity contribution in [2.24, 2.45) is 0 Å². The van der Waals surface area contributed by atoms with E-state index < -0.39 is 6.10 Å². The predicted molar refractivity (Wildman–Crippen MR) is 307 cm³/mol. The summed E-state index contributed by atoms with van der Waals surface area (Å²) in [5.74, 6) is -0.888. The van der Waals surface area contributed by atoms with Crippen molar-refractivity contribution in [3.63, 3.8) is 0 Å². The molecule has 0 fully saturated rings. The minimum Gasteiger partial charge on any atom is -0.462 e. The summed E-state index contributed by atoms with van der Waals surface area (Å²) in [6.07, 6.45) is 75.0. The minimum absolute atomic E-state index is 0.0800. The Labute approximate surface area is 440 Å². The Balaban J connectivity index is 4.36. The Morgan fingerprint density at radius 2 is 0.549 bits per heavy atom. The second-order valence-corrected chi connectivity index (χ2v) is 20.6. The van der Waals surface area contributed by atoms with Gasteiger partial charge in [-0.3, -0.25) is 14.4 Å². The van der Waals surface area contributed by atoms with Gasteiger partial charge < -0.3 is 14.2 Å². The molecule has 0 aliphatic carbocycles. The third-order valence-corrected chi connectivity index (χ3v) is 13.5. The molecule has 1 unspecified atom stereocenters. The first kappa shape index (κ1) is 68.1. The second kappa shape index (κ2) is 59.7. The largest absolute Gasteiger partial charge is 0.462 e. The maximum atomic E-state index is 12.9. The number of hydrogen-bond donors (Lipinski definition) is 0. The fourth-order valence-corrected chi connectivity index (χ4v) is 8.90. The van der Waals surface area contributed by atoms with Gasteiger partial charge in [-0.25, -0.2) is 0 Å². The van der Waals surface area contributed by atoms with E-state index in [-0.39, 0.29) is 31.1 Å². The molecule has 0 N–H and O–H groups in total. The van der Waals surface area contributed by atoms with Crippen LogP contribution in [0.1, 0.15) is 316 Å². The van der Waals surface area contributed by atoms with Crippen molar-refractivity contribution < 1.29 is 28.6 Å². The molecule has 0 bridgehead atoms. The molecule has 0 aliphatic heterocycles. The Morgan fingerprint density at radius 1 is 0.296 bits per heavy atom. The highest BCUT2D eigenvalue weighted by Gasteiger charge is 2.19. The lowest BCUT2D eigenvalue weighted by molar-refractivity contribution is -0.167. The molecule has 0 spiro atoms. The van der Waals surface area contributed by atoms with Gasteiger partial charge in [-0.15, -0.1) is 0 Å². The SMILES string of the molecule is CC/C=C\C/C=C\C/C=C\CCCCCCCCCC(=O)OC(COC(=O)CCCCCCC/C=C\C/C=C\CCCCCC)COC(=O)CCCCCCCCCCCCCCCCCCCCCC. The fourth-order valence-electron chi connectivity index (χ4n) is 8.90. The fraction of sp³-hybridized carbons (Fsp3) is 0.800. The summed E-state index contributed by atoms with van der Waals surface area (Å²) in [6.45, 7) is 6.54. The van der Waals surface area contributed by atoms with Gasteiger partial charge >= 0.3 is 17.9 Å². The first-order valence-corrected chi connectivity index (χ1v) is 30.8. The summed E-state index contributed by atoms with van der Waals surface area (Å²) < 4.78 is 16.9. The number of carbonyl (C=O) groups is 3. The molecule has 0 radical (unpaired) electrons. The summed E-state index contributed by atoms with van der Waals surface area (Å²) in [5, 5.41) is 0. The zero-order valence-electron chi connectivity index (χ0n) is 47.2. The highest BCUT2D eigenvalue weighted by atomic mass is 16.6. The van der Waals surface area contributed by atoms with Crippen LogP contribution in [0, 0.1) is 0 Å². The zero-order valence-corrected chi connectivity index (χ0v) is 47.2. The first-order chi connectivity index (χ1) is 35.0. The van der Waals surface area contributed by atoms with E-state index in [4.69, 9.17) is 14.2 Å². The number of ether oxygens (including phenoxy) is 3. The van der Waals surface area contributed by atoms with E-state index in [1.54, 1.807) is 0 Å². The highest BCUT2D eigenvalue weighted by molar-refractivity contribution is 5.71. The molecule has 71 heavy (non-hydrogen) atoms. The van der Waals surface area contributed by atoms with Gasteiger partial charge in [0.25, 0.3) is 0 Å². The molecular formula is C65H116O6. The van der Waals surface area contributed by atoms with Gasteiger partial charge in [0.15, 0.2) is 6.10 Å². The number of carbonyl (C=O) groups excluding carboxylic acids is 3. The molecule has 0 amide bonds. The highest BCUT2D eigenvalue weighted by Crippen LogP contribution is 2.17. The predicted octanol–water partition coefficient (Wildman–Crippen LogP) is 20.8. The third-order valence-electron chi connectivity index (χ3n) is 13.5. The number of unbranched alkanes of at least 4 members (excludes halogenated alkanes) is 35. The number of esters is 3. The van der Waals surface area contributed by atoms with Crippen molar-refractivity contribution in [2.75, 3.05) is 13.2 Å². The van der Waals surface area contributed by atoms with Crippen LogP contribution in [0.5, 0.6) is 0 Å². The molecule has 412 valence electrons. The van der Waals surface area contributed by atoms with Crippen LogP contribution < -0.4 is 0 Å². The van der Waals surface area contributed by atoms with Gasteiger partial charge in [-0.2, -0.15) is 0 Å². The summed E-state index contributed by atoms with van der Waals surface area (Å²) in [7, 11) is 0. The maximum Gasteiger partial charge on any atom is 0.306 e. The second-order valence-electron chi connectivity index (χ2n) is 20.6. The topological polar surface area (TPSA) is 78.9 Å². The number of allylic oxidation sites excluding steroid dienone is 10. The van der Waals surface area contributed by atoms with E-state index in [1.165, 1.54) is 173 Å². The van der Waals surface area contributed by atoms with Crippen LogP contribution in [0.15, 0.2) is 60.8 Å². The lowest BCUT2D eigenvalue weighted by Gasteiger charge is -2.18. The van der Waals surface area contributed by atoms with Crippen molar-refractivity contribution in [3.8, 4) is 0 Å². The van der Waals surface area contributed by atoms with Crippen LogP contribution in [-0.4, -0.2) is 37.2 Å². The Hall–Kier alpha value is -2.89. The standard InChI is InChI=1S/C65H116O6/c1-4-7-10-13-16-19-22-25-28-31-32-33-35-37-40-43-46-49-52-55-58-64(67)70-61-62(60-69-63(66)57-54-51-48-45-42-39-36-30-27-24-21-18-15-12-9-6-3)71-65(68)59-56-53-50-47-44-41-38-34-29-26-23-20-17-14-11-8-5-2/h8,11,17,20-21,24,26,29-30,36,62H,4-7,9-10,12-16,18-19,22-23,25,27-28,31-35,37-61H2,1-3H3/b11-8-,20-17-,24-21-,29-26-,36-30-. The zero-order chi connectivity index (χ0) is 51.4. The average Bonchev–Trinajstić information content (AvgIpc) is 3.37. The van der Waals surface area contributed by atoms with Crippen LogP contribution in [0.2, 0.25) is 0 Å². The van der Waals surface area contributed by atoms with Crippen molar-refractivity contribution in [2.45, 2.75) is 322 Å². The molecule has 6 heteroatoms. The summed E-state index contributed by atoms with van der Waals surface area (Å²) in [4.78, 5) is 38.3. The molecular weight excluding hydrogens is 877 g/mol. The van der Waals surface area contributed by atoms with E-state index in [0.29, 0.717) is 19.3 Å². The van der Waals surface area contributed by atoms with Gasteiger partial charge in [0.1, 0.15) is 13.2 Å². The molecule has 0 saturated heterocycles. The molecule has 1 atom stereocenters. The molecule has 0 saturated carbocycles. The normalized spacial score (nSPS) is 12.4. The van der Waals surface area contributed by atoms with Gasteiger partial charge in [-0.05, 0) is 83.5 Å². The molecule has 0 aliphatic rings. The molecule has 6 nitrogen and oxygen atoms in total. The smallest absolute Gasteiger partial charge is 0.306 e. The third kappa shape index (κ3) is 57.9. The number of rotatable bonds is 56.